The lowest BCUT2D eigenvalue weighted by molar-refractivity contribution is 0.0729. The van der Waals surface area contributed by atoms with Crippen molar-refractivity contribution in [3.05, 3.63) is 82.6 Å². The molecular formula is C21H18ClN3O3. The van der Waals surface area contributed by atoms with Gasteiger partial charge >= 0.3 is 5.97 Å². The maximum absolute atomic E-state index is 12.2. The zero-order valence-electron chi connectivity index (χ0n) is 15.3. The highest BCUT2D eigenvalue weighted by Gasteiger charge is 2.12. The van der Waals surface area contributed by atoms with E-state index >= 15 is 0 Å². The highest BCUT2D eigenvalue weighted by molar-refractivity contribution is 6.31. The van der Waals surface area contributed by atoms with Crippen molar-refractivity contribution in [3.8, 4) is 11.5 Å². The minimum Gasteiger partial charge on any atom is -0.493 e. The van der Waals surface area contributed by atoms with Crippen molar-refractivity contribution in [2.45, 2.75) is 6.92 Å². The molecule has 3 aromatic rings. The van der Waals surface area contributed by atoms with Crippen LogP contribution in [0.25, 0.3) is 0 Å². The van der Waals surface area contributed by atoms with Crippen LogP contribution in [0.1, 0.15) is 21.5 Å². The summed E-state index contributed by atoms with van der Waals surface area (Å²) in [5, 5.41) is 4.86. The molecule has 0 saturated heterocycles. The van der Waals surface area contributed by atoms with Crippen molar-refractivity contribution in [1.29, 1.82) is 0 Å². The number of hydrogen-bond donors (Lipinski definition) is 1. The summed E-state index contributed by atoms with van der Waals surface area (Å²) in [5.41, 5.74) is 5.82. The van der Waals surface area contributed by atoms with E-state index in [4.69, 9.17) is 21.1 Å². The molecule has 0 aliphatic carbocycles. The largest absolute Gasteiger partial charge is 0.493 e. The average molecular weight is 396 g/mol. The van der Waals surface area contributed by atoms with Gasteiger partial charge in [0.15, 0.2) is 11.5 Å². The number of halogens is 1. The third kappa shape index (κ3) is 4.86. The highest BCUT2D eigenvalue weighted by atomic mass is 35.5. The van der Waals surface area contributed by atoms with E-state index in [1.165, 1.54) is 13.3 Å². The maximum Gasteiger partial charge on any atom is 0.345 e. The lowest BCUT2D eigenvalue weighted by Crippen LogP contribution is -2.09. The molecule has 0 unspecified atom stereocenters. The first-order valence-corrected chi connectivity index (χ1v) is 8.80. The Kier molecular flexibility index (Phi) is 6.24. The number of benzene rings is 2. The first kappa shape index (κ1) is 19.4. The molecule has 7 heteroatoms. The topological polar surface area (TPSA) is 72.8 Å². The third-order valence-corrected chi connectivity index (χ3v) is 4.27. The molecule has 0 atom stereocenters. The number of pyridine rings is 1. The molecule has 6 nitrogen and oxygen atoms in total. The van der Waals surface area contributed by atoms with Crippen molar-refractivity contribution >= 4 is 29.5 Å². The summed E-state index contributed by atoms with van der Waals surface area (Å²) in [4.78, 5) is 16.1. The van der Waals surface area contributed by atoms with E-state index in [1.807, 2.05) is 19.1 Å². The van der Waals surface area contributed by atoms with E-state index in [0.717, 1.165) is 16.8 Å². The van der Waals surface area contributed by atoms with Gasteiger partial charge in [-0.15, -0.1) is 0 Å². The molecule has 0 spiro atoms. The minimum absolute atomic E-state index is 0.312. The molecule has 142 valence electrons. The van der Waals surface area contributed by atoms with Crippen LogP contribution in [0, 0.1) is 6.92 Å². The normalized spacial score (nSPS) is 10.7. The number of anilines is 1. The van der Waals surface area contributed by atoms with E-state index in [2.05, 4.69) is 15.5 Å². The summed E-state index contributed by atoms with van der Waals surface area (Å²) in [5.74, 6) is 0.220. The molecule has 3 rings (SSSR count). The van der Waals surface area contributed by atoms with Crippen LogP contribution in [0.4, 0.5) is 5.69 Å². The van der Waals surface area contributed by atoms with Crippen LogP contribution in [0.15, 0.2) is 66.0 Å². The number of aromatic nitrogens is 1. The number of rotatable bonds is 6. The second-order valence-corrected chi connectivity index (χ2v) is 6.28. The fraction of sp³-hybridized carbons (Fsp3) is 0.0952. The van der Waals surface area contributed by atoms with Gasteiger partial charge < -0.3 is 9.47 Å². The number of methoxy groups -OCH3 is 1. The Bertz CT molecular complexity index is 1010. The average Bonchev–Trinajstić information content (AvgIpc) is 2.72. The molecule has 1 heterocycles. The highest BCUT2D eigenvalue weighted by Crippen LogP contribution is 2.28. The van der Waals surface area contributed by atoms with E-state index in [0.29, 0.717) is 22.1 Å². The van der Waals surface area contributed by atoms with Crippen molar-refractivity contribution in [2.75, 3.05) is 12.5 Å². The van der Waals surface area contributed by atoms with Gasteiger partial charge in [0.1, 0.15) is 0 Å². The Morgan fingerprint density at radius 3 is 2.75 bits per heavy atom. The molecular weight excluding hydrogens is 378 g/mol. The molecule has 0 radical (unpaired) electrons. The number of ether oxygens (including phenoxy) is 2. The van der Waals surface area contributed by atoms with Gasteiger partial charge in [-0.05, 0) is 60.5 Å². The van der Waals surface area contributed by atoms with Gasteiger partial charge in [-0.2, -0.15) is 5.10 Å². The zero-order chi connectivity index (χ0) is 19.9. The second-order valence-electron chi connectivity index (χ2n) is 5.88. The number of carbonyl (C=O) groups excluding carboxylic acids is 1. The number of nitrogens with zero attached hydrogens (tertiary/aromatic N) is 2. The molecule has 28 heavy (non-hydrogen) atoms. The summed E-state index contributed by atoms with van der Waals surface area (Å²) >= 11 is 6.10. The van der Waals surface area contributed by atoms with Gasteiger partial charge in [0.25, 0.3) is 0 Å². The van der Waals surface area contributed by atoms with Crippen LogP contribution in [0.5, 0.6) is 11.5 Å². The second kappa shape index (κ2) is 9.01. The Morgan fingerprint density at radius 1 is 1.18 bits per heavy atom. The molecule has 0 aliphatic heterocycles. The van der Waals surface area contributed by atoms with Crippen LogP contribution in [-0.4, -0.2) is 24.3 Å². The van der Waals surface area contributed by atoms with E-state index in [1.54, 1.807) is 48.8 Å². The number of nitrogens with one attached hydrogen (secondary N) is 1. The van der Waals surface area contributed by atoms with E-state index in [9.17, 15) is 4.79 Å². The number of aryl methyl sites for hydroxylation is 1. The number of carbonyl (C=O) groups is 1. The van der Waals surface area contributed by atoms with E-state index in [-0.39, 0.29) is 0 Å². The Morgan fingerprint density at radius 2 is 2.04 bits per heavy atom. The predicted molar refractivity (Wildman–Crippen MR) is 110 cm³/mol. The predicted octanol–water partition coefficient (Wildman–Crippen LogP) is 4.72. The SMILES string of the molecule is COc1cc(/C=N/Nc2ccc(C)c(Cl)c2)ccc1OC(=O)c1cccnc1. The molecule has 0 saturated carbocycles. The van der Waals surface area contributed by atoms with Gasteiger partial charge in [0, 0.05) is 17.4 Å². The van der Waals surface area contributed by atoms with Gasteiger partial charge in [-0.3, -0.25) is 10.4 Å². The first-order valence-electron chi connectivity index (χ1n) is 8.42. The van der Waals surface area contributed by atoms with Crippen LogP contribution in [0.3, 0.4) is 0 Å². The number of esters is 1. The van der Waals surface area contributed by atoms with Gasteiger partial charge in [-0.1, -0.05) is 17.7 Å². The molecule has 1 N–H and O–H groups in total. The Labute approximate surface area is 167 Å². The quantitative estimate of drug-likeness (QED) is 0.283. The minimum atomic E-state index is -0.509. The standard InChI is InChI=1S/C21H18ClN3O3/c1-14-5-7-17(11-18(14)22)25-24-12-15-6-8-19(20(10-15)27-2)28-21(26)16-4-3-9-23-13-16/h3-13,25H,1-2H3/b24-12+. The van der Waals surface area contributed by atoms with Crippen LogP contribution >= 0.6 is 11.6 Å². The lowest BCUT2D eigenvalue weighted by atomic mass is 10.2. The van der Waals surface area contributed by atoms with Crippen LogP contribution in [0.2, 0.25) is 5.02 Å². The lowest BCUT2D eigenvalue weighted by Gasteiger charge is -2.10. The summed E-state index contributed by atoms with van der Waals surface area (Å²) in [6, 6.07) is 14.0. The first-order chi connectivity index (χ1) is 13.6. The molecule has 1 aromatic heterocycles. The fourth-order valence-electron chi connectivity index (χ4n) is 2.33. The Balaban J connectivity index is 1.70. The molecule has 0 aliphatic rings. The summed E-state index contributed by atoms with van der Waals surface area (Å²) < 4.78 is 10.7. The van der Waals surface area contributed by atoms with Crippen molar-refractivity contribution in [3.63, 3.8) is 0 Å². The number of hydrogen-bond acceptors (Lipinski definition) is 6. The fourth-order valence-corrected chi connectivity index (χ4v) is 2.52. The summed E-state index contributed by atoms with van der Waals surface area (Å²) in [6.45, 7) is 1.93. The van der Waals surface area contributed by atoms with Gasteiger partial charge in [0.2, 0.25) is 0 Å². The zero-order valence-corrected chi connectivity index (χ0v) is 16.1. The summed E-state index contributed by atoms with van der Waals surface area (Å²) in [6.07, 6.45) is 4.66. The molecule has 2 aromatic carbocycles. The molecule has 0 amide bonds. The summed E-state index contributed by atoms with van der Waals surface area (Å²) in [7, 11) is 1.50. The van der Waals surface area contributed by atoms with Gasteiger partial charge in [0.05, 0.1) is 24.6 Å². The van der Waals surface area contributed by atoms with Crippen molar-refractivity contribution in [1.82, 2.24) is 4.98 Å². The molecule has 0 bridgehead atoms. The monoisotopic (exact) mass is 395 g/mol. The maximum atomic E-state index is 12.2. The molecule has 0 fully saturated rings. The smallest absolute Gasteiger partial charge is 0.345 e. The van der Waals surface area contributed by atoms with E-state index < -0.39 is 5.97 Å². The van der Waals surface area contributed by atoms with Gasteiger partial charge in [-0.25, -0.2) is 4.79 Å². The van der Waals surface area contributed by atoms with Crippen molar-refractivity contribution < 1.29 is 14.3 Å². The third-order valence-electron chi connectivity index (χ3n) is 3.87. The van der Waals surface area contributed by atoms with Crippen LogP contribution < -0.4 is 14.9 Å². The Hall–Kier alpha value is -3.38. The number of hydrazone groups is 1. The van der Waals surface area contributed by atoms with Crippen molar-refractivity contribution in [2.24, 2.45) is 5.10 Å². The van der Waals surface area contributed by atoms with Crippen LogP contribution in [-0.2, 0) is 0 Å².